The Morgan fingerprint density at radius 3 is 2.55 bits per heavy atom. The van der Waals surface area contributed by atoms with Crippen LogP contribution in [-0.4, -0.2) is 27.2 Å². The highest BCUT2D eigenvalue weighted by atomic mass is 32.1. The summed E-state index contributed by atoms with van der Waals surface area (Å²) in [6, 6.07) is 13.6. The molecule has 3 aromatic rings. The van der Waals surface area contributed by atoms with Crippen molar-refractivity contribution >= 4 is 29.0 Å². The quantitative estimate of drug-likeness (QED) is 0.472. The van der Waals surface area contributed by atoms with Gasteiger partial charge in [-0.15, -0.1) is 0 Å². The minimum absolute atomic E-state index is 0.322. The Bertz CT molecular complexity index is 1010. The van der Waals surface area contributed by atoms with Crippen LogP contribution < -0.4 is 10.6 Å². The second-order valence-electron chi connectivity index (χ2n) is 6.57. The van der Waals surface area contributed by atoms with Crippen LogP contribution in [0.15, 0.2) is 54.9 Å². The number of aryl methyl sites for hydroxylation is 2. The molecule has 29 heavy (non-hydrogen) atoms. The molecule has 7 heteroatoms. The summed E-state index contributed by atoms with van der Waals surface area (Å²) in [5.41, 5.74) is 4.48. The van der Waals surface area contributed by atoms with E-state index in [9.17, 15) is 4.79 Å². The zero-order chi connectivity index (χ0) is 20.8. The van der Waals surface area contributed by atoms with Crippen LogP contribution in [0.5, 0.6) is 0 Å². The first-order chi connectivity index (χ1) is 14.0. The Balaban J connectivity index is 1.56. The number of rotatable bonds is 6. The van der Waals surface area contributed by atoms with E-state index in [0.29, 0.717) is 23.8 Å². The molecule has 0 spiro atoms. The summed E-state index contributed by atoms with van der Waals surface area (Å²) < 4.78 is 7.06. The summed E-state index contributed by atoms with van der Waals surface area (Å²) in [4.78, 5) is 16.1. The maximum Gasteiger partial charge on any atom is 0.338 e. The van der Waals surface area contributed by atoms with E-state index in [2.05, 4.69) is 39.9 Å². The largest absolute Gasteiger partial charge is 0.462 e. The van der Waals surface area contributed by atoms with Gasteiger partial charge in [-0.3, -0.25) is 0 Å². The van der Waals surface area contributed by atoms with Gasteiger partial charge in [0.1, 0.15) is 5.82 Å². The molecule has 0 aliphatic heterocycles. The van der Waals surface area contributed by atoms with E-state index in [-0.39, 0.29) is 5.97 Å². The van der Waals surface area contributed by atoms with Crippen LogP contribution in [0.3, 0.4) is 0 Å². The molecule has 0 saturated carbocycles. The first-order valence-electron chi connectivity index (χ1n) is 9.40. The maximum atomic E-state index is 11.8. The summed E-state index contributed by atoms with van der Waals surface area (Å²) in [6.45, 7) is 6.65. The standard InChI is InChI=1S/C22H24N4O2S/c1-4-28-21(27)18-7-10-20(15(2)13-18)25-22(29)24-14-17-5-8-19(9-6-17)26-12-11-23-16(26)3/h5-13H,4,14H2,1-3H3,(H2,24,25,29). The van der Waals surface area contributed by atoms with Crippen LogP contribution in [0.2, 0.25) is 0 Å². The average Bonchev–Trinajstić information content (AvgIpc) is 3.14. The molecule has 3 rings (SSSR count). The number of hydrogen-bond acceptors (Lipinski definition) is 4. The number of esters is 1. The van der Waals surface area contributed by atoms with Crippen molar-refractivity contribution in [3.8, 4) is 5.69 Å². The normalized spacial score (nSPS) is 10.4. The van der Waals surface area contributed by atoms with Gasteiger partial charge in [0, 0.05) is 30.3 Å². The van der Waals surface area contributed by atoms with Crippen molar-refractivity contribution in [1.82, 2.24) is 14.9 Å². The third-order valence-electron chi connectivity index (χ3n) is 4.48. The van der Waals surface area contributed by atoms with Crippen LogP contribution >= 0.6 is 12.2 Å². The summed E-state index contributed by atoms with van der Waals surface area (Å²) >= 11 is 5.40. The number of benzene rings is 2. The number of imidazole rings is 1. The van der Waals surface area contributed by atoms with Gasteiger partial charge in [-0.2, -0.15) is 0 Å². The molecule has 0 radical (unpaired) electrons. The fourth-order valence-electron chi connectivity index (χ4n) is 2.92. The monoisotopic (exact) mass is 408 g/mol. The van der Waals surface area contributed by atoms with Crippen LogP contribution in [0.25, 0.3) is 5.69 Å². The van der Waals surface area contributed by atoms with Gasteiger partial charge in [0.2, 0.25) is 0 Å². The van der Waals surface area contributed by atoms with Crippen molar-refractivity contribution < 1.29 is 9.53 Å². The minimum Gasteiger partial charge on any atom is -0.462 e. The zero-order valence-corrected chi connectivity index (χ0v) is 17.5. The first-order valence-corrected chi connectivity index (χ1v) is 9.80. The molecule has 0 fully saturated rings. The number of hydrogen-bond donors (Lipinski definition) is 2. The van der Waals surface area contributed by atoms with Crippen LogP contribution in [0.4, 0.5) is 5.69 Å². The molecular formula is C22H24N4O2S. The molecule has 0 aliphatic carbocycles. The molecule has 0 bridgehead atoms. The molecule has 6 nitrogen and oxygen atoms in total. The molecule has 1 aromatic heterocycles. The van der Waals surface area contributed by atoms with Crippen molar-refractivity contribution in [1.29, 1.82) is 0 Å². The Labute approximate surface area is 175 Å². The Kier molecular flexibility index (Phi) is 6.61. The van der Waals surface area contributed by atoms with E-state index in [0.717, 1.165) is 28.3 Å². The maximum absolute atomic E-state index is 11.8. The van der Waals surface area contributed by atoms with Crippen LogP contribution in [-0.2, 0) is 11.3 Å². The van der Waals surface area contributed by atoms with Gasteiger partial charge in [0.05, 0.1) is 12.2 Å². The second kappa shape index (κ2) is 9.34. The van der Waals surface area contributed by atoms with E-state index in [1.165, 1.54) is 0 Å². The smallest absolute Gasteiger partial charge is 0.338 e. The summed E-state index contributed by atoms with van der Waals surface area (Å²) in [7, 11) is 0. The number of carbonyl (C=O) groups excluding carboxylic acids is 1. The Morgan fingerprint density at radius 2 is 1.93 bits per heavy atom. The predicted octanol–water partition coefficient (Wildman–Crippen LogP) is 4.15. The predicted molar refractivity (Wildman–Crippen MR) is 118 cm³/mol. The van der Waals surface area contributed by atoms with Crippen LogP contribution in [0.1, 0.15) is 34.2 Å². The van der Waals surface area contributed by atoms with Gasteiger partial charge in [0.15, 0.2) is 5.11 Å². The summed E-state index contributed by atoms with van der Waals surface area (Å²) in [6.07, 6.45) is 3.73. The molecule has 0 saturated heterocycles. The topological polar surface area (TPSA) is 68.2 Å². The first kappa shape index (κ1) is 20.5. The zero-order valence-electron chi connectivity index (χ0n) is 16.7. The van der Waals surface area contributed by atoms with Crippen molar-refractivity contribution in [2.75, 3.05) is 11.9 Å². The molecular weight excluding hydrogens is 384 g/mol. The van der Waals surface area contributed by atoms with Gasteiger partial charge in [0.25, 0.3) is 0 Å². The summed E-state index contributed by atoms with van der Waals surface area (Å²) in [5, 5.41) is 6.90. The third-order valence-corrected chi connectivity index (χ3v) is 4.73. The Hall–Kier alpha value is -3.19. The number of nitrogens with zero attached hydrogens (tertiary/aromatic N) is 2. The van der Waals surface area contributed by atoms with E-state index >= 15 is 0 Å². The lowest BCUT2D eigenvalue weighted by Gasteiger charge is -2.14. The number of ether oxygens (including phenoxy) is 1. The molecule has 2 N–H and O–H groups in total. The molecule has 1 heterocycles. The van der Waals surface area contributed by atoms with E-state index in [4.69, 9.17) is 17.0 Å². The highest BCUT2D eigenvalue weighted by molar-refractivity contribution is 7.80. The second-order valence-corrected chi connectivity index (χ2v) is 6.98. The number of aromatic nitrogens is 2. The van der Waals surface area contributed by atoms with Crippen molar-refractivity contribution in [3.63, 3.8) is 0 Å². The third kappa shape index (κ3) is 5.20. The van der Waals surface area contributed by atoms with E-state index in [1.807, 2.05) is 30.7 Å². The number of thiocarbonyl (C=S) groups is 1. The lowest BCUT2D eigenvalue weighted by molar-refractivity contribution is 0.0526. The van der Waals surface area contributed by atoms with E-state index in [1.54, 1.807) is 25.3 Å². The fourth-order valence-corrected chi connectivity index (χ4v) is 3.10. The van der Waals surface area contributed by atoms with Gasteiger partial charge in [-0.05, 0) is 74.4 Å². The highest BCUT2D eigenvalue weighted by Crippen LogP contribution is 2.17. The van der Waals surface area contributed by atoms with Crippen molar-refractivity contribution in [3.05, 3.63) is 77.4 Å². The van der Waals surface area contributed by atoms with Crippen molar-refractivity contribution in [2.24, 2.45) is 0 Å². The van der Waals surface area contributed by atoms with Crippen molar-refractivity contribution in [2.45, 2.75) is 27.3 Å². The van der Waals surface area contributed by atoms with Gasteiger partial charge >= 0.3 is 5.97 Å². The highest BCUT2D eigenvalue weighted by Gasteiger charge is 2.09. The molecule has 0 atom stereocenters. The Morgan fingerprint density at radius 1 is 1.17 bits per heavy atom. The molecule has 0 unspecified atom stereocenters. The fraction of sp³-hybridized carbons (Fsp3) is 0.227. The molecule has 0 aliphatic rings. The number of anilines is 1. The van der Waals surface area contributed by atoms with Crippen LogP contribution in [0, 0.1) is 13.8 Å². The SMILES string of the molecule is CCOC(=O)c1ccc(NC(=S)NCc2ccc(-n3ccnc3C)cc2)c(C)c1. The lowest BCUT2D eigenvalue weighted by atomic mass is 10.1. The minimum atomic E-state index is -0.322. The molecule has 150 valence electrons. The lowest BCUT2D eigenvalue weighted by Crippen LogP contribution is -2.28. The molecule has 0 amide bonds. The molecule has 2 aromatic carbocycles. The number of nitrogens with one attached hydrogen (secondary N) is 2. The summed E-state index contributed by atoms with van der Waals surface area (Å²) in [5.74, 6) is 0.628. The van der Waals surface area contributed by atoms with Gasteiger partial charge in [-0.25, -0.2) is 9.78 Å². The van der Waals surface area contributed by atoms with Gasteiger partial charge in [-0.1, -0.05) is 12.1 Å². The van der Waals surface area contributed by atoms with E-state index < -0.39 is 0 Å². The van der Waals surface area contributed by atoms with Gasteiger partial charge < -0.3 is 19.9 Å². The number of carbonyl (C=O) groups is 1. The average molecular weight is 409 g/mol.